The van der Waals surface area contributed by atoms with E-state index < -0.39 is 0 Å². The van der Waals surface area contributed by atoms with Gasteiger partial charge in [-0.25, -0.2) is 10.4 Å². The number of amides is 1. The van der Waals surface area contributed by atoms with E-state index in [1.807, 2.05) is 55.5 Å². The Morgan fingerprint density at radius 3 is 2.92 bits per heavy atom. The number of nitrogens with one attached hydrogen (secondary N) is 1. The number of carbonyl (C=O) groups excluding carboxylic acids is 1. The molecule has 0 aliphatic heterocycles. The lowest BCUT2D eigenvalue weighted by molar-refractivity contribution is 0.0950. The summed E-state index contributed by atoms with van der Waals surface area (Å²) in [5.74, 6) is 0.356. The van der Waals surface area contributed by atoms with Gasteiger partial charge in [0.25, 0.3) is 5.91 Å². The predicted molar refractivity (Wildman–Crippen MR) is 107 cm³/mol. The van der Waals surface area contributed by atoms with Crippen LogP contribution in [-0.2, 0) is 0 Å². The molecule has 1 heterocycles. The summed E-state index contributed by atoms with van der Waals surface area (Å²) in [5, 5.41) is 5.03. The number of carbonyl (C=O) groups is 1. The highest BCUT2D eigenvalue weighted by Gasteiger charge is 2.07. The third-order valence-corrected chi connectivity index (χ3v) is 4.13. The maximum Gasteiger partial charge on any atom is 0.289 e. The van der Waals surface area contributed by atoms with E-state index in [1.165, 1.54) is 0 Å². The van der Waals surface area contributed by atoms with E-state index in [1.54, 1.807) is 12.3 Å². The number of rotatable bonds is 6. The fourth-order valence-corrected chi connectivity index (χ4v) is 2.75. The first-order valence-corrected chi connectivity index (χ1v) is 9.08. The minimum atomic E-state index is -0.363. The Balaban J connectivity index is 1.73. The number of ether oxygens (including phenoxy) is 1. The Hall–Kier alpha value is -2.73. The molecule has 1 amide bonds. The molecule has 2 aromatic carbocycles. The zero-order valence-corrected chi connectivity index (χ0v) is 15.9. The lowest BCUT2D eigenvalue weighted by atomic mass is 10.2. The maximum atomic E-state index is 12.3. The van der Waals surface area contributed by atoms with Gasteiger partial charge in [0.1, 0.15) is 11.4 Å². The molecule has 26 heavy (non-hydrogen) atoms. The number of para-hydroxylation sites is 1. The second kappa shape index (κ2) is 8.58. The number of hydrogen-bond donors (Lipinski definition) is 1. The van der Waals surface area contributed by atoms with E-state index in [0.29, 0.717) is 12.3 Å². The van der Waals surface area contributed by atoms with Crippen molar-refractivity contribution in [2.45, 2.75) is 13.3 Å². The summed E-state index contributed by atoms with van der Waals surface area (Å²) >= 11 is 3.43. The number of benzene rings is 2. The van der Waals surface area contributed by atoms with E-state index in [0.717, 1.165) is 33.1 Å². The molecule has 1 aromatic heterocycles. The molecule has 5 nitrogen and oxygen atoms in total. The van der Waals surface area contributed by atoms with Crippen LogP contribution >= 0.6 is 15.9 Å². The van der Waals surface area contributed by atoms with Crippen LogP contribution < -0.4 is 10.2 Å². The Morgan fingerprint density at radius 1 is 1.23 bits per heavy atom. The van der Waals surface area contributed by atoms with Gasteiger partial charge in [0, 0.05) is 15.4 Å². The second-order valence-corrected chi connectivity index (χ2v) is 6.53. The zero-order chi connectivity index (χ0) is 18.4. The normalized spacial score (nSPS) is 11.0. The first kappa shape index (κ1) is 18.1. The average Bonchev–Trinajstić information content (AvgIpc) is 2.67. The number of hydrazone groups is 1. The van der Waals surface area contributed by atoms with Crippen molar-refractivity contribution in [3.8, 4) is 5.75 Å². The van der Waals surface area contributed by atoms with Crippen LogP contribution in [-0.4, -0.2) is 23.7 Å². The van der Waals surface area contributed by atoms with E-state index in [2.05, 4.69) is 31.4 Å². The minimum absolute atomic E-state index is 0.317. The molecule has 3 rings (SSSR count). The molecule has 0 spiro atoms. The summed E-state index contributed by atoms with van der Waals surface area (Å²) in [4.78, 5) is 16.6. The summed E-state index contributed by atoms with van der Waals surface area (Å²) in [6.45, 7) is 2.67. The van der Waals surface area contributed by atoms with Crippen LogP contribution in [0.2, 0.25) is 0 Å². The molecule has 0 aliphatic rings. The summed E-state index contributed by atoms with van der Waals surface area (Å²) in [7, 11) is 0. The van der Waals surface area contributed by atoms with Crippen LogP contribution in [0.4, 0.5) is 0 Å². The molecule has 3 aromatic rings. The Bertz CT molecular complexity index is 957. The van der Waals surface area contributed by atoms with Gasteiger partial charge in [0.2, 0.25) is 0 Å². The molecule has 0 bridgehead atoms. The van der Waals surface area contributed by atoms with Gasteiger partial charge in [-0.2, -0.15) is 5.10 Å². The van der Waals surface area contributed by atoms with Gasteiger partial charge in [-0.15, -0.1) is 0 Å². The predicted octanol–water partition coefficient (Wildman–Crippen LogP) is 4.55. The zero-order valence-electron chi connectivity index (χ0n) is 14.3. The fourth-order valence-electron chi connectivity index (χ4n) is 2.37. The highest BCUT2D eigenvalue weighted by Crippen LogP contribution is 2.22. The highest BCUT2D eigenvalue weighted by atomic mass is 79.9. The van der Waals surface area contributed by atoms with Crippen molar-refractivity contribution in [2.24, 2.45) is 5.10 Å². The number of nitrogens with zero attached hydrogens (tertiary/aromatic N) is 2. The SMILES string of the molecule is CCCOc1ccc(Br)cc1/C=N/NC(=O)c1ccc2ccccc2n1. The summed E-state index contributed by atoms with van der Waals surface area (Å²) in [6.07, 6.45) is 2.48. The standard InChI is InChI=1S/C20H18BrN3O2/c1-2-11-26-19-10-8-16(21)12-15(19)13-22-24-20(25)18-9-7-14-5-3-4-6-17(14)23-18/h3-10,12-13H,2,11H2,1H3,(H,24,25)/b22-13+. The highest BCUT2D eigenvalue weighted by molar-refractivity contribution is 9.10. The average molecular weight is 412 g/mol. The lowest BCUT2D eigenvalue weighted by Crippen LogP contribution is -2.19. The van der Waals surface area contributed by atoms with Gasteiger partial charge in [-0.1, -0.05) is 47.1 Å². The molecule has 6 heteroatoms. The van der Waals surface area contributed by atoms with E-state index in [4.69, 9.17) is 4.74 Å². The lowest BCUT2D eigenvalue weighted by Gasteiger charge is -2.08. The Labute approximate surface area is 160 Å². The van der Waals surface area contributed by atoms with E-state index >= 15 is 0 Å². The quantitative estimate of drug-likeness (QED) is 0.477. The molecular weight excluding hydrogens is 394 g/mol. The first-order chi connectivity index (χ1) is 12.7. The van der Waals surface area contributed by atoms with Crippen LogP contribution in [0, 0.1) is 0 Å². The summed E-state index contributed by atoms with van der Waals surface area (Å²) in [6, 6.07) is 16.8. The van der Waals surface area contributed by atoms with Crippen LogP contribution in [0.15, 0.2) is 64.2 Å². The largest absolute Gasteiger partial charge is 0.493 e. The number of fused-ring (bicyclic) bond motifs is 1. The molecule has 0 atom stereocenters. The van der Waals surface area contributed by atoms with Gasteiger partial charge in [-0.3, -0.25) is 4.79 Å². The Morgan fingerprint density at radius 2 is 2.08 bits per heavy atom. The van der Waals surface area contributed by atoms with E-state index in [-0.39, 0.29) is 5.91 Å². The van der Waals surface area contributed by atoms with Crippen molar-refractivity contribution in [3.05, 3.63) is 70.3 Å². The van der Waals surface area contributed by atoms with Gasteiger partial charge < -0.3 is 4.74 Å². The van der Waals surface area contributed by atoms with Gasteiger partial charge in [-0.05, 0) is 36.8 Å². The number of aromatic nitrogens is 1. The van der Waals surface area contributed by atoms with Crippen LogP contribution in [0.25, 0.3) is 10.9 Å². The van der Waals surface area contributed by atoms with Gasteiger partial charge in [0.05, 0.1) is 18.3 Å². The third-order valence-electron chi connectivity index (χ3n) is 3.63. The minimum Gasteiger partial charge on any atom is -0.493 e. The van der Waals surface area contributed by atoms with Gasteiger partial charge >= 0.3 is 0 Å². The first-order valence-electron chi connectivity index (χ1n) is 8.29. The molecule has 0 fully saturated rings. The molecule has 0 saturated carbocycles. The smallest absolute Gasteiger partial charge is 0.289 e. The second-order valence-electron chi connectivity index (χ2n) is 5.62. The summed E-state index contributed by atoms with van der Waals surface area (Å²) in [5.41, 5.74) is 4.38. The van der Waals surface area contributed by atoms with Crippen molar-refractivity contribution in [3.63, 3.8) is 0 Å². The van der Waals surface area contributed by atoms with Crippen molar-refractivity contribution >= 4 is 39.0 Å². The summed E-state index contributed by atoms with van der Waals surface area (Å²) < 4.78 is 6.60. The van der Waals surface area contributed by atoms with Crippen molar-refractivity contribution in [2.75, 3.05) is 6.61 Å². The topological polar surface area (TPSA) is 63.6 Å². The number of halogens is 1. The van der Waals surface area contributed by atoms with Crippen molar-refractivity contribution in [1.82, 2.24) is 10.4 Å². The van der Waals surface area contributed by atoms with Gasteiger partial charge in [0.15, 0.2) is 0 Å². The van der Waals surface area contributed by atoms with Crippen molar-refractivity contribution in [1.29, 1.82) is 0 Å². The molecule has 132 valence electrons. The number of hydrogen-bond acceptors (Lipinski definition) is 4. The molecular formula is C20H18BrN3O2. The third kappa shape index (κ3) is 4.46. The fraction of sp³-hybridized carbons (Fsp3) is 0.150. The van der Waals surface area contributed by atoms with Crippen LogP contribution in [0.3, 0.4) is 0 Å². The monoisotopic (exact) mass is 411 g/mol. The van der Waals surface area contributed by atoms with Crippen LogP contribution in [0.1, 0.15) is 29.4 Å². The van der Waals surface area contributed by atoms with Crippen LogP contribution in [0.5, 0.6) is 5.75 Å². The molecule has 0 radical (unpaired) electrons. The van der Waals surface area contributed by atoms with E-state index in [9.17, 15) is 4.79 Å². The molecule has 0 saturated heterocycles. The molecule has 0 aliphatic carbocycles. The van der Waals surface area contributed by atoms with Crippen molar-refractivity contribution < 1.29 is 9.53 Å². The maximum absolute atomic E-state index is 12.3. The Kier molecular flexibility index (Phi) is 5.96. The number of pyridine rings is 1. The molecule has 0 unspecified atom stereocenters. The molecule has 1 N–H and O–H groups in total.